The molecule has 6 heteroatoms. The fourth-order valence-corrected chi connectivity index (χ4v) is 5.18. The van der Waals surface area contributed by atoms with E-state index in [2.05, 4.69) is 22.3 Å². The lowest BCUT2D eigenvalue weighted by molar-refractivity contribution is -0.114. The van der Waals surface area contributed by atoms with E-state index in [4.69, 9.17) is 4.74 Å². The van der Waals surface area contributed by atoms with Crippen LogP contribution in [0.5, 0.6) is 0 Å². The number of ether oxygens (including phenoxy) is 1. The molecule has 4 rings (SSSR count). The Labute approximate surface area is 157 Å². The van der Waals surface area contributed by atoms with Crippen molar-refractivity contribution < 1.29 is 14.3 Å². The summed E-state index contributed by atoms with van der Waals surface area (Å²) in [6.45, 7) is 1.14. The van der Waals surface area contributed by atoms with Crippen molar-refractivity contribution in [1.29, 1.82) is 0 Å². The predicted molar refractivity (Wildman–Crippen MR) is 103 cm³/mol. The van der Waals surface area contributed by atoms with Gasteiger partial charge in [-0.3, -0.25) is 4.79 Å². The number of anilines is 2. The quantitative estimate of drug-likeness (QED) is 0.838. The molecular formula is C20H22N2O3S. The number of nitrogens with zero attached hydrogens (tertiary/aromatic N) is 1. The van der Waals surface area contributed by atoms with Gasteiger partial charge in [-0.05, 0) is 49.3 Å². The highest BCUT2D eigenvalue weighted by atomic mass is 32.1. The first kappa shape index (κ1) is 17.1. The number of carbonyl (C=O) groups excluding carboxylic acids is 2. The van der Waals surface area contributed by atoms with E-state index in [-0.39, 0.29) is 11.9 Å². The van der Waals surface area contributed by atoms with Crippen LogP contribution in [-0.4, -0.2) is 32.1 Å². The van der Waals surface area contributed by atoms with Gasteiger partial charge in [-0.15, -0.1) is 11.3 Å². The summed E-state index contributed by atoms with van der Waals surface area (Å²) in [4.78, 5) is 28.2. The summed E-state index contributed by atoms with van der Waals surface area (Å²) >= 11 is 1.53. The topological polar surface area (TPSA) is 58.6 Å². The van der Waals surface area contributed by atoms with E-state index in [0.717, 1.165) is 49.9 Å². The third-order valence-corrected chi connectivity index (χ3v) is 6.34. The molecule has 136 valence electrons. The second-order valence-corrected chi connectivity index (χ2v) is 7.86. The molecular weight excluding hydrogens is 348 g/mol. The van der Waals surface area contributed by atoms with Crippen molar-refractivity contribution >= 4 is 33.9 Å². The van der Waals surface area contributed by atoms with Crippen LogP contribution >= 0.6 is 11.3 Å². The average molecular weight is 370 g/mol. The fraction of sp³-hybridized carbons (Fsp3) is 0.400. The Morgan fingerprint density at radius 3 is 2.85 bits per heavy atom. The third kappa shape index (κ3) is 3.09. The van der Waals surface area contributed by atoms with Crippen LogP contribution in [0.2, 0.25) is 0 Å². The number of fused-ring (bicyclic) bond motifs is 2. The van der Waals surface area contributed by atoms with Gasteiger partial charge in [0.15, 0.2) is 0 Å². The number of para-hydroxylation sites is 1. The number of benzene rings is 1. The van der Waals surface area contributed by atoms with Crippen molar-refractivity contribution in [3.05, 3.63) is 45.8 Å². The van der Waals surface area contributed by atoms with Crippen LogP contribution in [0.25, 0.3) is 0 Å². The van der Waals surface area contributed by atoms with E-state index < -0.39 is 0 Å². The number of carbonyl (C=O) groups is 2. The number of hydrogen-bond acceptors (Lipinski definition) is 5. The molecule has 1 aromatic heterocycles. The lowest BCUT2D eigenvalue weighted by Gasteiger charge is -2.18. The lowest BCUT2D eigenvalue weighted by atomic mass is 9.95. The maximum absolute atomic E-state index is 12.7. The second-order valence-electron chi connectivity index (χ2n) is 6.76. The van der Waals surface area contributed by atoms with Crippen molar-refractivity contribution in [2.24, 2.45) is 0 Å². The van der Waals surface area contributed by atoms with Crippen LogP contribution in [0.15, 0.2) is 24.3 Å². The Kier molecular flexibility index (Phi) is 4.68. The molecule has 0 fully saturated rings. The molecule has 26 heavy (non-hydrogen) atoms. The first-order valence-electron chi connectivity index (χ1n) is 9.03. The number of esters is 1. The van der Waals surface area contributed by atoms with E-state index in [1.807, 2.05) is 12.1 Å². The number of hydrogen-bond donors (Lipinski definition) is 1. The number of amides is 1. The van der Waals surface area contributed by atoms with Gasteiger partial charge in [0.25, 0.3) is 0 Å². The van der Waals surface area contributed by atoms with Gasteiger partial charge in [0, 0.05) is 17.1 Å². The summed E-state index contributed by atoms with van der Waals surface area (Å²) < 4.78 is 4.97. The molecule has 2 heterocycles. The Morgan fingerprint density at radius 2 is 2.00 bits per heavy atom. The van der Waals surface area contributed by atoms with Crippen molar-refractivity contribution in [1.82, 2.24) is 0 Å². The highest BCUT2D eigenvalue weighted by Crippen LogP contribution is 2.38. The lowest BCUT2D eigenvalue weighted by Crippen LogP contribution is -2.32. The molecule has 0 unspecified atom stereocenters. The minimum atomic E-state index is -0.355. The highest BCUT2D eigenvalue weighted by Gasteiger charge is 2.28. The molecule has 2 aromatic rings. The molecule has 0 radical (unpaired) electrons. The molecule has 0 saturated carbocycles. The fourth-order valence-electron chi connectivity index (χ4n) is 3.88. The van der Waals surface area contributed by atoms with E-state index >= 15 is 0 Å². The predicted octanol–water partition coefficient (Wildman–Crippen LogP) is 3.41. The van der Waals surface area contributed by atoms with Crippen LogP contribution < -0.4 is 10.2 Å². The zero-order valence-corrected chi connectivity index (χ0v) is 15.7. The number of aryl methyl sites for hydroxylation is 1. The molecule has 5 nitrogen and oxygen atoms in total. The Balaban J connectivity index is 1.53. The Bertz CT molecular complexity index is 859. The molecule has 0 saturated heterocycles. The van der Waals surface area contributed by atoms with Crippen molar-refractivity contribution in [2.75, 3.05) is 30.4 Å². The zero-order chi connectivity index (χ0) is 18.1. The summed E-state index contributed by atoms with van der Waals surface area (Å²) in [5.41, 5.74) is 4.03. The smallest absolute Gasteiger partial charge is 0.341 e. The van der Waals surface area contributed by atoms with Gasteiger partial charge in [0.1, 0.15) is 5.00 Å². The van der Waals surface area contributed by atoms with Crippen LogP contribution in [-0.2, 0) is 28.8 Å². The molecule has 1 aliphatic carbocycles. The maximum atomic E-state index is 12.7. The van der Waals surface area contributed by atoms with Crippen molar-refractivity contribution in [3.8, 4) is 0 Å². The minimum Gasteiger partial charge on any atom is -0.465 e. The Morgan fingerprint density at radius 1 is 1.19 bits per heavy atom. The highest BCUT2D eigenvalue weighted by molar-refractivity contribution is 7.17. The molecule has 0 bridgehead atoms. The SMILES string of the molecule is COC(=O)c1c(NC(=O)CN2CCc3ccccc32)sc2c1CCCC2. The Hall–Kier alpha value is -2.34. The van der Waals surface area contributed by atoms with Gasteiger partial charge >= 0.3 is 5.97 Å². The molecule has 0 atom stereocenters. The molecule has 1 amide bonds. The van der Waals surface area contributed by atoms with E-state index in [1.54, 1.807) is 0 Å². The monoisotopic (exact) mass is 370 g/mol. The van der Waals surface area contributed by atoms with Crippen molar-refractivity contribution in [2.45, 2.75) is 32.1 Å². The molecule has 1 N–H and O–H groups in total. The molecule has 0 spiro atoms. The van der Waals surface area contributed by atoms with Crippen LogP contribution in [0.4, 0.5) is 10.7 Å². The largest absolute Gasteiger partial charge is 0.465 e. The van der Waals surface area contributed by atoms with Gasteiger partial charge in [-0.1, -0.05) is 18.2 Å². The molecule has 1 aliphatic heterocycles. The summed E-state index contributed by atoms with van der Waals surface area (Å²) in [6, 6.07) is 8.19. The normalized spacial score (nSPS) is 15.3. The van der Waals surface area contributed by atoms with Gasteiger partial charge in [0.2, 0.25) is 5.91 Å². The standard InChI is InChI=1S/C20H22N2O3S/c1-25-20(24)18-14-7-3-5-9-16(14)26-19(18)21-17(23)12-22-11-10-13-6-2-4-8-15(13)22/h2,4,6,8H,3,5,7,9-12H2,1H3,(H,21,23). The zero-order valence-electron chi connectivity index (χ0n) is 14.8. The van der Waals surface area contributed by atoms with Gasteiger partial charge in [0.05, 0.1) is 19.2 Å². The minimum absolute atomic E-state index is 0.0922. The van der Waals surface area contributed by atoms with Crippen LogP contribution in [0.1, 0.15) is 39.2 Å². The number of thiophene rings is 1. The van der Waals surface area contributed by atoms with Gasteiger partial charge < -0.3 is 15.0 Å². The maximum Gasteiger partial charge on any atom is 0.341 e. The second kappa shape index (κ2) is 7.11. The third-order valence-electron chi connectivity index (χ3n) is 5.13. The van der Waals surface area contributed by atoms with Crippen molar-refractivity contribution in [3.63, 3.8) is 0 Å². The van der Waals surface area contributed by atoms with E-state index in [9.17, 15) is 9.59 Å². The first-order valence-corrected chi connectivity index (χ1v) is 9.84. The summed E-state index contributed by atoms with van der Waals surface area (Å²) in [5, 5.41) is 3.62. The van der Waals surface area contributed by atoms with Crippen LogP contribution in [0.3, 0.4) is 0 Å². The number of methoxy groups -OCH3 is 1. The summed E-state index contributed by atoms with van der Waals surface area (Å²) in [6.07, 6.45) is 5.02. The molecule has 2 aliphatic rings. The van der Waals surface area contributed by atoms with E-state index in [0.29, 0.717) is 17.1 Å². The summed E-state index contributed by atoms with van der Waals surface area (Å²) in [7, 11) is 1.39. The number of nitrogens with one attached hydrogen (secondary N) is 1. The number of rotatable bonds is 4. The molecule has 1 aromatic carbocycles. The van der Waals surface area contributed by atoms with E-state index in [1.165, 1.54) is 28.9 Å². The summed E-state index contributed by atoms with van der Waals surface area (Å²) in [5.74, 6) is -0.448. The average Bonchev–Trinajstić information content (AvgIpc) is 3.22. The van der Waals surface area contributed by atoms with Gasteiger partial charge in [-0.25, -0.2) is 4.79 Å². The van der Waals surface area contributed by atoms with Gasteiger partial charge in [-0.2, -0.15) is 0 Å². The first-order chi connectivity index (χ1) is 12.7. The van der Waals surface area contributed by atoms with Crippen LogP contribution in [0, 0.1) is 0 Å².